The number of hydrogen-bond donors (Lipinski definition) is 0. The van der Waals surface area contributed by atoms with E-state index in [9.17, 15) is 8.78 Å². The molecule has 0 radical (unpaired) electrons. The van der Waals surface area contributed by atoms with E-state index in [1.54, 1.807) is 24.3 Å². The van der Waals surface area contributed by atoms with Crippen molar-refractivity contribution in [3.05, 3.63) is 75.5 Å². The van der Waals surface area contributed by atoms with Gasteiger partial charge in [-0.15, -0.1) is 11.3 Å². The molecule has 0 aliphatic rings. The van der Waals surface area contributed by atoms with Crippen LogP contribution >= 0.6 is 23.6 Å². The van der Waals surface area contributed by atoms with E-state index in [0.29, 0.717) is 16.8 Å². The van der Waals surface area contributed by atoms with Crippen molar-refractivity contribution in [2.75, 3.05) is 0 Å². The smallest absolute Gasteiger partial charge is 0.135 e. The Morgan fingerprint density at radius 2 is 1.64 bits per heavy atom. The first kappa shape index (κ1) is 17.2. The van der Waals surface area contributed by atoms with Gasteiger partial charge in [-0.2, -0.15) is 4.99 Å². The van der Waals surface area contributed by atoms with E-state index in [-0.39, 0.29) is 5.56 Å². The number of thiophene rings is 1. The van der Waals surface area contributed by atoms with Crippen LogP contribution in [0.4, 0.5) is 14.5 Å². The molecule has 0 aliphatic carbocycles. The predicted molar refractivity (Wildman–Crippen MR) is 102 cm³/mol. The van der Waals surface area contributed by atoms with Crippen LogP contribution in [0.5, 0.6) is 0 Å². The van der Waals surface area contributed by atoms with Gasteiger partial charge in [0.15, 0.2) is 0 Å². The molecule has 122 valence electrons. The van der Waals surface area contributed by atoms with Crippen molar-refractivity contribution >= 4 is 34.4 Å². The Morgan fingerprint density at radius 1 is 0.960 bits per heavy atom. The quantitative estimate of drug-likeness (QED) is 0.301. The van der Waals surface area contributed by atoms with Gasteiger partial charge in [0.2, 0.25) is 0 Å². The molecular weight excluding hydrogens is 356 g/mol. The SMILES string of the molecule is Cc1ccc(C#Cc2cc(F)c(-c3ccc(N=C=S)cc3)c(F)c2)s1. The van der Waals surface area contributed by atoms with Gasteiger partial charge in [-0.05, 0) is 61.1 Å². The topological polar surface area (TPSA) is 12.4 Å². The van der Waals surface area contributed by atoms with E-state index < -0.39 is 11.6 Å². The molecule has 0 bridgehead atoms. The zero-order chi connectivity index (χ0) is 17.8. The van der Waals surface area contributed by atoms with Crippen LogP contribution in [0, 0.1) is 30.4 Å². The third-order valence-corrected chi connectivity index (χ3v) is 4.45. The molecule has 0 saturated heterocycles. The van der Waals surface area contributed by atoms with Crippen molar-refractivity contribution in [1.29, 1.82) is 0 Å². The Labute approximate surface area is 153 Å². The van der Waals surface area contributed by atoms with Gasteiger partial charge in [0.05, 0.1) is 21.3 Å². The molecule has 0 fully saturated rings. The fourth-order valence-electron chi connectivity index (χ4n) is 2.31. The third kappa shape index (κ3) is 4.07. The van der Waals surface area contributed by atoms with Gasteiger partial charge in [-0.25, -0.2) is 8.78 Å². The van der Waals surface area contributed by atoms with Crippen LogP contribution in [-0.2, 0) is 0 Å². The van der Waals surface area contributed by atoms with E-state index in [1.807, 2.05) is 19.1 Å². The number of rotatable bonds is 2. The predicted octanol–water partition coefficient (Wildman–Crippen LogP) is 6.14. The highest BCUT2D eigenvalue weighted by Gasteiger charge is 2.13. The van der Waals surface area contributed by atoms with Crippen molar-refractivity contribution in [1.82, 2.24) is 0 Å². The van der Waals surface area contributed by atoms with Crippen molar-refractivity contribution in [3.63, 3.8) is 0 Å². The fourth-order valence-corrected chi connectivity index (χ4v) is 3.14. The van der Waals surface area contributed by atoms with E-state index >= 15 is 0 Å². The largest absolute Gasteiger partial charge is 0.206 e. The highest BCUT2D eigenvalue weighted by molar-refractivity contribution is 7.78. The van der Waals surface area contributed by atoms with Crippen molar-refractivity contribution in [2.24, 2.45) is 4.99 Å². The van der Waals surface area contributed by atoms with E-state index in [4.69, 9.17) is 0 Å². The molecule has 0 atom stereocenters. The lowest BCUT2D eigenvalue weighted by molar-refractivity contribution is 0.589. The summed E-state index contributed by atoms with van der Waals surface area (Å²) in [6, 6.07) is 12.8. The average molecular weight is 367 g/mol. The van der Waals surface area contributed by atoms with Gasteiger partial charge in [-0.1, -0.05) is 24.0 Å². The second-order valence-electron chi connectivity index (χ2n) is 5.23. The first-order valence-corrected chi connectivity index (χ1v) is 8.55. The number of benzene rings is 2. The van der Waals surface area contributed by atoms with E-state index in [0.717, 1.165) is 9.75 Å². The van der Waals surface area contributed by atoms with Crippen LogP contribution in [0.3, 0.4) is 0 Å². The first-order valence-electron chi connectivity index (χ1n) is 7.32. The highest BCUT2D eigenvalue weighted by Crippen LogP contribution is 2.28. The number of aryl methyl sites for hydroxylation is 1. The Hall–Kier alpha value is -2.64. The lowest BCUT2D eigenvalue weighted by Gasteiger charge is -2.06. The summed E-state index contributed by atoms with van der Waals surface area (Å²) in [5.41, 5.74) is 1.21. The molecule has 1 heterocycles. The van der Waals surface area contributed by atoms with Crippen LogP contribution < -0.4 is 0 Å². The molecule has 2 aromatic carbocycles. The second-order valence-corrected chi connectivity index (χ2v) is 6.70. The average Bonchev–Trinajstić information content (AvgIpc) is 3.00. The summed E-state index contributed by atoms with van der Waals surface area (Å²) in [4.78, 5) is 5.81. The lowest BCUT2D eigenvalue weighted by Crippen LogP contribution is -1.92. The molecule has 5 heteroatoms. The van der Waals surface area contributed by atoms with Crippen LogP contribution in [0.25, 0.3) is 11.1 Å². The molecule has 1 aromatic heterocycles. The Balaban J connectivity index is 1.95. The standard InChI is InChI=1S/C20H11F2NS2/c1-13-2-8-17(25-13)9-3-14-10-18(21)20(19(22)11-14)15-4-6-16(7-5-15)23-12-24/h2,4-8,10-11H,1H3. The number of thiocarbonyl (C=S) groups is 1. The monoisotopic (exact) mass is 367 g/mol. The molecular formula is C20H11F2NS2. The van der Waals surface area contributed by atoms with Crippen LogP contribution in [0.15, 0.2) is 53.5 Å². The zero-order valence-electron chi connectivity index (χ0n) is 13.1. The summed E-state index contributed by atoms with van der Waals surface area (Å²) in [5.74, 6) is 4.42. The van der Waals surface area contributed by atoms with Crippen molar-refractivity contribution < 1.29 is 8.78 Å². The zero-order valence-corrected chi connectivity index (χ0v) is 14.8. The molecule has 1 nitrogen and oxygen atoms in total. The Bertz CT molecular complexity index is 1010. The molecule has 0 aliphatic heterocycles. The first-order chi connectivity index (χ1) is 12.1. The van der Waals surface area contributed by atoms with E-state index in [1.165, 1.54) is 23.5 Å². The second kappa shape index (κ2) is 7.50. The van der Waals surface area contributed by atoms with E-state index in [2.05, 4.69) is 34.2 Å². The van der Waals surface area contributed by atoms with Crippen LogP contribution in [0.2, 0.25) is 0 Å². The number of nitrogens with zero attached hydrogens (tertiary/aromatic N) is 1. The molecule has 25 heavy (non-hydrogen) atoms. The van der Waals surface area contributed by atoms with Crippen molar-refractivity contribution in [2.45, 2.75) is 6.92 Å². The summed E-state index contributed by atoms with van der Waals surface area (Å²) in [7, 11) is 0. The third-order valence-electron chi connectivity index (χ3n) is 3.44. The van der Waals surface area contributed by atoms with Crippen LogP contribution in [0.1, 0.15) is 15.3 Å². The lowest BCUT2D eigenvalue weighted by atomic mass is 10.0. The minimum absolute atomic E-state index is 0.0876. The molecule has 0 spiro atoms. The van der Waals surface area contributed by atoms with Gasteiger partial charge in [0.25, 0.3) is 0 Å². The summed E-state index contributed by atoms with van der Waals surface area (Å²) >= 11 is 6.07. The summed E-state index contributed by atoms with van der Waals surface area (Å²) in [6.45, 7) is 1.98. The Kier molecular flexibility index (Phi) is 5.16. The minimum Gasteiger partial charge on any atom is -0.206 e. The molecule has 3 rings (SSSR count). The van der Waals surface area contributed by atoms with Gasteiger partial charge in [0, 0.05) is 10.4 Å². The minimum atomic E-state index is -0.655. The number of halogens is 2. The maximum Gasteiger partial charge on any atom is 0.135 e. The summed E-state index contributed by atoms with van der Waals surface area (Å²) in [5, 5.41) is 2.25. The van der Waals surface area contributed by atoms with Gasteiger partial charge in [0.1, 0.15) is 11.6 Å². The van der Waals surface area contributed by atoms with Crippen molar-refractivity contribution in [3.8, 4) is 23.0 Å². The van der Waals surface area contributed by atoms with Gasteiger partial charge >= 0.3 is 0 Å². The highest BCUT2D eigenvalue weighted by atomic mass is 32.1. The van der Waals surface area contributed by atoms with Gasteiger partial charge in [-0.3, -0.25) is 0 Å². The Morgan fingerprint density at radius 3 is 2.20 bits per heavy atom. The maximum atomic E-state index is 14.4. The normalized spacial score (nSPS) is 9.88. The molecule has 3 aromatic rings. The van der Waals surface area contributed by atoms with Gasteiger partial charge < -0.3 is 0 Å². The number of aliphatic imine (C=N–C) groups is 1. The molecule has 0 N–H and O–H groups in total. The fraction of sp³-hybridized carbons (Fsp3) is 0.0500. The van der Waals surface area contributed by atoms with Crippen LogP contribution in [-0.4, -0.2) is 5.16 Å². The molecule has 0 saturated carbocycles. The molecule has 0 unspecified atom stereocenters. The summed E-state index contributed by atoms with van der Waals surface area (Å²) in [6.07, 6.45) is 0. The number of hydrogen-bond acceptors (Lipinski definition) is 3. The number of isothiocyanates is 1. The summed E-state index contributed by atoms with van der Waals surface area (Å²) < 4.78 is 28.8. The maximum absolute atomic E-state index is 14.4. The molecule has 0 amide bonds.